The van der Waals surface area contributed by atoms with E-state index in [1.54, 1.807) is 0 Å². The molecule has 4 nitrogen and oxygen atoms in total. The highest BCUT2D eigenvalue weighted by Crippen LogP contribution is 2.40. The van der Waals surface area contributed by atoms with Gasteiger partial charge in [0.25, 0.3) is 0 Å². The van der Waals surface area contributed by atoms with Gasteiger partial charge in [0, 0.05) is 30.7 Å². The average molecular weight is 405 g/mol. The first-order valence-electron chi connectivity index (χ1n) is 10.3. The zero-order valence-electron chi connectivity index (χ0n) is 17.3. The smallest absolute Gasteiger partial charge is 0.170 e. The van der Waals surface area contributed by atoms with Crippen molar-refractivity contribution in [1.29, 1.82) is 0 Å². The van der Waals surface area contributed by atoms with Gasteiger partial charge in [0.15, 0.2) is 5.11 Å². The minimum absolute atomic E-state index is 0.0564. The van der Waals surface area contributed by atoms with Crippen molar-refractivity contribution >= 4 is 17.3 Å². The van der Waals surface area contributed by atoms with Crippen molar-refractivity contribution < 1.29 is 0 Å². The quantitative estimate of drug-likeness (QED) is 0.591. The number of rotatable bonds is 6. The van der Waals surface area contributed by atoms with Crippen LogP contribution in [0.2, 0.25) is 0 Å². The monoisotopic (exact) mass is 404 g/mol. The largest absolute Gasteiger partial charge is 0.352 e. The fraction of sp³-hybridized carbons (Fsp3) is 0.333. The number of nitrogens with zero attached hydrogens (tertiary/aromatic N) is 3. The zero-order valence-corrected chi connectivity index (χ0v) is 18.1. The number of nitrogens with one attached hydrogen (secondary N) is 1. The second-order valence-corrected chi connectivity index (χ2v) is 8.10. The molecule has 29 heavy (non-hydrogen) atoms. The molecule has 1 aliphatic rings. The molecule has 4 rings (SSSR count). The molecule has 1 fully saturated rings. The molecule has 0 amide bonds. The maximum absolute atomic E-state index is 5.73. The molecule has 150 valence electrons. The van der Waals surface area contributed by atoms with Crippen LogP contribution in [0.3, 0.4) is 0 Å². The predicted octanol–water partition coefficient (Wildman–Crippen LogP) is 4.93. The van der Waals surface area contributed by atoms with Gasteiger partial charge in [0.1, 0.15) is 0 Å². The maximum Gasteiger partial charge on any atom is 0.170 e. The van der Waals surface area contributed by atoms with Crippen LogP contribution in [0.15, 0.2) is 60.8 Å². The molecule has 2 unspecified atom stereocenters. The van der Waals surface area contributed by atoms with E-state index in [-0.39, 0.29) is 12.1 Å². The zero-order chi connectivity index (χ0) is 20.4. The molecule has 0 saturated carbocycles. The Labute approximate surface area is 178 Å². The number of aromatic nitrogens is 2. The van der Waals surface area contributed by atoms with Gasteiger partial charge in [-0.1, -0.05) is 43.3 Å². The van der Waals surface area contributed by atoms with Crippen LogP contribution in [0.25, 0.3) is 0 Å². The molecule has 1 N–H and O–H groups in total. The summed E-state index contributed by atoms with van der Waals surface area (Å²) in [7, 11) is 0. The summed E-state index contributed by atoms with van der Waals surface area (Å²) >= 11 is 5.73. The highest BCUT2D eigenvalue weighted by atomic mass is 32.1. The summed E-state index contributed by atoms with van der Waals surface area (Å²) < 4.78 is 2.41. The van der Waals surface area contributed by atoms with E-state index in [1.165, 1.54) is 22.5 Å². The first kappa shape index (κ1) is 19.6. The second kappa shape index (κ2) is 8.37. The molecule has 2 atom stereocenters. The number of hydrogen-bond acceptors (Lipinski definition) is 2. The molecule has 3 aromatic rings. The third-order valence-electron chi connectivity index (χ3n) is 5.78. The van der Waals surface area contributed by atoms with E-state index >= 15 is 0 Å². The molecule has 0 spiro atoms. The molecule has 0 radical (unpaired) electrons. The van der Waals surface area contributed by atoms with Crippen molar-refractivity contribution in [3.63, 3.8) is 0 Å². The van der Waals surface area contributed by atoms with Crippen LogP contribution in [0.4, 0.5) is 0 Å². The topological polar surface area (TPSA) is 33.1 Å². The number of hydrogen-bond donors (Lipinski definition) is 1. The normalized spacial score (nSPS) is 18.9. The Bertz CT molecular complexity index is 981. The lowest BCUT2D eigenvalue weighted by Crippen LogP contribution is -2.30. The molecule has 3 heterocycles. The van der Waals surface area contributed by atoms with Gasteiger partial charge in [-0.25, -0.2) is 0 Å². The van der Waals surface area contributed by atoms with E-state index in [4.69, 9.17) is 12.2 Å². The lowest BCUT2D eigenvalue weighted by molar-refractivity contribution is 0.316. The standard InChI is InChI=1S/C24H28N4S/c1-4-14-27-23(22(26-24(27)29)21-12-8-9-13-25-21)20-15-17(2)28(18(20)3)16-19-10-6-5-7-11-19/h5-13,15,22-23H,4,14,16H2,1-3H3,(H,26,29). The molecular weight excluding hydrogens is 376 g/mol. The Balaban J connectivity index is 1.75. The maximum atomic E-state index is 5.73. The van der Waals surface area contributed by atoms with Gasteiger partial charge in [0.2, 0.25) is 0 Å². The van der Waals surface area contributed by atoms with Crippen molar-refractivity contribution in [2.45, 2.75) is 45.8 Å². The SMILES string of the molecule is CCCN1C(=S)NC(c2ccccn2)C1c1cc(C)n(Cc2ccccc2)c1C. The van der Waals surface area contributed by atoms with Gasteiger partial charge in [0.05, 0.1) is 17.8 Å². The van der Waals surface area contributed by atoms with Crippen molar-refractivity contribution in [3.05, 3.63) is 89.0 Å². The summed E-state index contributed by atoms with van der Waals surface area (Å²) in [4.78, 5) is 6.97. The van der Waals surface area contributed by atoms with E-state index in [9.17, 15) is 0 Å². The Hall–Kier alpha value is -2.66. The number of benzene rings is 1. The second-order valence-electron chi connectivity index (χ2n) is 7.72. The first-order valence-corrected chi connectivity index (χ1v) is 10.7. The molecule has 1 aliphatic heterocycles. The lowest BCUT2D eigenvalue weighted by Gasteiger charge is -2.27. The van der Waals surface area contributed by atoms with Gasteiger partial charge in [-0.15, -0.1) is 0 Å². The molecular formula is C24H28N4S. The predicted molar refractivity (Wildman–Crippen MR) is 122 cm³/mol. The van der Waals surface area contributed by atoms with Crippen LogP contribution in [-0.2, 0) is 6.54 Å². The fourth-order valence-electron chi connectivity index (χ4n) is 4.36. The van der Waals surface area contributed by atoms with Crippen LogP contribution in [-0.4, -0.2) is 26.1 Å². The molecule has 5 heteroatoms. The molecule has 1 aromatic carbocycles. The van der Waals surface area contributed by atoms with Gasteiger partial charge in [-0.05, 0) is 61.8 Å². The highest BCUT2D eigenvalue weighted by molar-refractivity contribution is 7.80. The van der Waals surface area contributed by atoms with E-state index in [1.807, 2.05) is 18.3 Å². The average Bonchev–Trinajstić information content (AvgIpc) is 3.21. The summed E-state index contributed by atoms with van der Waals surface area (Å²) in [5.74, 6) is 0. The Morgan fingerprint density at radius 1 is 1.07 bits per heavy atom. The highest BCUT2D eigenvalue weighted by Gasteiger charge is 2.40. The van der Waals surface area contributed by atoms with Gasteiger partial charge < -0.3 is 14.8 Å². The van der Waals surface area contributed by atoms with Gasteiger partial charge in [-0.3, -0.25) is 4.98 Å². The number of thiocarbonyl (C=S) groups is 1. The summed E-state index contributed by atoms with van der Waals surface area (Å²) in [6, 6.07) is 19.3. The third-order valence-corrected chi connectivity index (χ3v) is 6.13. The summed E-state index contributed by atoms with van der Waals surface area (Å²) in [6.45, 7) is 8.44. The Kier molecular flexibility index (Phi) is 5.67. The van der Waals surface area contributed by atoms with Crippen molar-refractivity contribution in [2.24, 2.45) is 0 Å². The van der Waals surface area contributed by atoms with Crippen LogP contribution in [0.1, 0.15) is 53.6 Å². The minimum Gasteiger partial charge on any atom is -0.352 e. The molecule has 2 aromatic heterocycles. The van der Waals surface area contributed by atoms with E-state index in [0.29, 0.717) is 0 Å². The van der Waals surface area contributed by atoms with Gasteiger partial charge in [-0.2, -0.15) is 0 Å². The van der Waals surface area contributed by atoms with E-state index in [0.717, 1.165) is 30.3 Å². The lowest BCUT2D eigenvalue weighted by atomic mass is 9.96. The summed E-state index contributed by atoms with van der Waals surface area (Å²) in [5.41, 5.74) is 6.24. The van der Waals surface area contributed by atoms with Gasteiger partial charge >= 0.3 is 0 Å². The Morgan fingerprint density at radius 2 is 1.83 bits per heavy atom. The fourth-order valence-corrected chi connectivity index (χ4v) is 4.69. The van der Waals surface area contributed by atoms with Crippen molar-refractivity contribution in [1.82, 2.24) is 19.8 Å². The minimum atomic E-state index is 0.0564. The van der Waals surface area contributed by atoms with Crippen LogP contribution in [0.5, 0.6) is 0 Å². The van der Waals surface area contributed by atoms with Crippen LogP contribution < -0.4 is 5.32 Å². The van der Waals surface area contributed by atoms with Crippen molar-refractivity contribution in [3.8, 4) is 0 Å². The molecule has 0 bridgehead atoms. The summed E-state index contributed by atoms with van der Waals surface area (Å²) in [5, 5.41) is 4.36. The number of pyridine rings is 1. The number of aryl methyl sites for hydroxylation is 1. The van der Waals surface area contributed by atoms with E-state index < -0.39 is 0 Å². The molecule has 0 aliphatic carbocycles. The van der Waals surface area contributed by atoms with Crippen molar-refractivity contribution in [2.75, 3.05) is 6.54 Å². The molecule has 1 saturated heterocycles. The van der Waals surface area contributed by atoms with Crippen LogP contribution >= 0.6 is 12.2 Å². The third kappa shape index (κ3) is 3.79. The van der Waals surface area contributed by atoms with E-state index in [2.05, 4.69) is 83.0 Å². The Morgan fingerprint density at radius 3 is 2.52 bits per heavy atom. The first-order chi connectivity index (χ1) is 14.1. The summed E-state index contributed by atoms with van der Waals surface area (Å²) in [6.07, 6.45) is 2.91. The van der Waals surface area contributed by atoms with Crippen LogP contribution in [0, 0.1) is 13.8 Å².